The Hall–Kier alpha value is -1.94. The maximum Gasteiger partial charge on any atom is 0.139 e. The molecule has 106 valence electrons. The molecule has 0 fully saturated rings. The lowest BCUT2D eigenvalue weighted by atomic mass is 10.0. The molecule has 0 saturated carbocycles. The van der Waals surface area contributed by atoms with E-state index in [0.717, 1.165) is 0 Å². The van der Waals surface area contributed by atoms with Crippen LogP contribution in [0.15, 0.2) is 48.5 Å². The van der Waals surface area contributed by atoms with Crippen molar-refractivity contribution >= 4 is 0 Å². The Kier molecular flexibility index (Phi) is 4.69. The smallest absolute Gasteiger partial charge is 0.139 e. The van der Waals surface area contributed by atoms with Crippen molar-refractivity contribution in [3.63, 3.8) is 0 Å². The Balaban J connectivity index is 2.26. The average Bonchev–Trinajstić information content (AvgIpc) is 2.46. The summed E-state index contributed by atoms with van der Waals surface area (Å²) < 4.78 is 32.0. The van der Waals surface area contributed by atoms with Gasteiger partial charge in [0.25, 0.3) is 0 Å². The number of halogens is 2. The summed E-state index contributed by atoms with van der Waals surface area (Å²) in [7, 11) is 0. The van der Waals surface area contributed by atoms with Crippen LogP contribution in [0.1, 0.15) is 25.0 Å². The molecule has 2 unspecified atom stereocenters. The summed E-state index contributed by atoms with van der Waals surface area (Å²) in [6, 6.07) is 11.6. The van der Waals surface area contributed by atoms with Crippen molar-refractivity contribution in [1.29, 1.82) is 0 Å². The predicted octanol–water partition coefficient (Wildman–Crippen LogP) is 3.82. The zero-order chi connectivity index (χ0) is 14.5. The lowest BCUT2D eigenvalue weighted by Crippen LogP contribution is -2.31. The molecule has 2 rings (SSSR count). The molecular weight excluding hydrogens is 260 g/mol. The number of hydrogen-bond donors (Lipinski definition) is 1. The third kappa shape index (κ3) is 3.54. The Bertz CT molecular complexity index is 557. The molecule has 0 aromatic heterocycles. The molecule has 2 N–H and O–H groups in total. The van der Waals surface area contributed by atoms with Crippen LogP contribution in [-0.4, -0.2) is 6.04 Å². The van der Waals surface area contributed by atoms with Gasteiger partial charge < -0.3 is 10.5 Å². The Morgan fingerprint density at radius 2 is 1.75 bits per heavy atom. The lowest BCUT2D eigenvalue weighted by molar-refractivity contribution is 0.170. The van der Waals surface area contributed by atoms with Crippen molar-refractivity contribution in [1.82, 2.24) is 0 Å². The molecular formula is C16H17F2NO. The molecule has 0 aliphatic carbocycles. The second-order valence-electron chi connectivity index (χ2n) is 4.62. The Labute approximate surface area is 117 Å². The van der Waals surface area contributed by atoms with Crippen LogP contribution in [0, 0.1) is 11.6 Å². The fourth-order valence-corrected chi connectivity index (χ4v) is 1.96. The van der Waals surface area contributed by atoms with Gasteiger partial charge >= 0.3 is 0 Å². The molecule has 4 heteroatoms. The van der Waals surface area contributed by atoms with Crippen molar-refractivity contribution in [2.75, 3.05) is 0 Å². The third-order valence-corrected chi connectivity index (χ3v) is 3.11. The van der Waals surface area contributed by atoms with E-state index in [1.807, 2.05) is 6.92 Å². The normalized spacial score (nSPS) is 13.8. The van der Waals surface area contributed by atoms with E-state index in [4.69, 9.17) is 10.5 Å². The molecule has 2 aromatic rings. The van der Waals surface area contributed by atoms with Crippen molar-refractivity contribution in [2.24, 2.45) is 5.73 Å². The van der Waals surface area contributed by atoms with Gasteiger partial charge in [0.15, 0.2) is 0 Å². The van der Waals surface area contributed by atoms with E-state index in [9.17, 15) is 8.78 Å². The fraction of sp³-hybridized carbons (Fsp3) is 0.250. The minimum absolute atomic E-state index is 0.276. The molecule has 0 radical (unpaired) electrons. The number of hydrogen-bond acceptors (Lipinski definition) is 2. The standard InChI is InChI=1S/C16H17F2NO/c1-2-15(19)16(11-4-3-5-13(18)10-11)20-14-8-6-12(17)7-9-14/h3-10,15-16H,2,19H2,1H3. The minimum atomic E-state index is -0.471. The number of nitrogens with two attached hydrogens (primary N) is 1. The van der Waals surface area contributed by atoms with Gasteiger partial charge in [-0.15, -0.1) is 0 Å². The van der Waals surface area contributed by atoms with E-state index in [1.165, 1.54) is 36.4 Å². The first-order chi connectivity index (χ1) is 9.60. The highest BCUT2D eigenvalue weighted by Crippen LogP contribution is 2.26. The maximum absolute atomic E-state index is 13.3. The second kappa shape index (κ2) is 6.48. The van der Waals surface area contributed by atoms with Gasteiger partial charge in [0, 0.05) is 6.04 Å². The summed E-state index contributed by atoms with van der Waals surface area (Å²) in [4.78, 5) is 0. The third-order valence-electron chi connectivity index (χ3n) is 3.11. The largest absolute Gasteiger partial charge is 0.484 e. The topological polar surface area (TPSA) is 35.2 Å². The highest BCUT2D eigenvalue weighted by Gasteiger charge is 2.21. The van der Waals surface area contributed by atoms with Gasteiger partial charge in [0.05, 0.1) is 0 Å². The number of rotatable bonds is 5. The second-order valence-corrected chi connectivity index (χ2v) is 4.62. The highest BCUT2D eigenvalue weighted by molar-refractivity contribution is 5.26. The quantitative estimate of drug-likeness (QED) is 0.901. The summed E-state index contributed by atoms with van der Waals surface area (Å²) in [5, 5.41) is 0. The SMILES string of the molecule is CCC(N)C(Oc1ccc(F)cc1)c1cccc(F)c1. The molecule has 2 nitrogen and oxygen atoms in total. The van der Waals surface area contributed by atoms with Crippen molar-refractivity contribution < 1.29 is 13.5 Å². The van der Waals surface area contributed by atoms with Gasteiger partial charge in [-0.3, -0.25) is 0 Å². The van der Waals surface area contributed by atoms with E-state index in [-0.39, 0.29) is 17.7 Å². The van der Waals surface area contributed by atoms with Crippen LogP contribution in [0.3, 0.4) is 0 Å². The predicted molar refractivity (Wildman–Crippen MR) is 74.4 cm³/mol. The van der Waals surface area contributed by atoms with E-state index < -0.39 is 6.10 Å². The van der Waals surface area contributed by atoms with E-state index >= 15 is 0 Å². The van der Waals surface area contributed by atoms with E-state index in [0.29, 0.717) is 17.7 Å². The first-order valence-electron chi connectivity index (χ1n) is 6.53. The van der Waals surface area contributed by atoms with Gasteiger partial charge in [-0.25, -0.2) is 8.78 Å². The molecule has 0 aliphatic heterocycles. The molecule has 0 heterocycles. The zero-order valence-electron chi connectivity index (χ0n) is 11.2. The van der Waals surface area contributed by atoms with Crippen LogP contribution in [-0.2, 0) is 0 Å². The number of benzene rings is 2. The molecule has 0 aliphatic rings. The monoisotopic (exact) mass is 277 g/mol. The molecule has 2 aromatic carbocycles. The van der Waals surface area contributed by atoms with Crippen LogP contribution < -0.4 is 10.5 Å². The fourth-order valence-electron chi connectivity index (χ4n) is 1.96. The first kappa shape index (κ1) is 14.5. The molecule has 0 saturated heterocycles. The van der Waals surface area contributed by atoms with Crippen LogP contribution in [0.4, 0.5) is 8.78 Å². The van der Waals surface area contributed by atoms with Gasteiger partial charge in [0.1, 0.15) is 23.5 Å². The van der Waals surface area contributed by atoms with Crippen LogP contribution in [0.5, 0.6) is 5.75 Å². The molecule has 2 atom stereocenters. The van der Waals surface area contributed by atoms with Gasteiger partial charge in [-0.2, -0.15) is 0 Å². The van der Waals surface area contributed by atoms with Crippen molar-refractivity contribution in [2.45, 2.75) is 25.5 Å². The molecule has 20 heavy (non-hydrogen) atoms. The highest BCUT2D eigenvalue weighted by atomic mass is 19.1. The summed E-state index contributed by atoms with van der Waals surface area (Å²) in [6.45, 7) is 1.94. The summed E-state index contributed by atoms with van der Waals surface area (Å²) >= 11 is 0. The first-order valence-corrected chi connectivity index (χ1v) is 6.53. The average molecular weight is 277 g/mol. The van der Waals surface area contributed by atoms with E-state index in [2.05, 4.69) is 0 Å². The molecule has 0 amide bonds. The van der Waals surface area contributed by atoms with Gasteiger partial charge in [-0.05, 0) is 48.4 Å². The Morgan fingerprint density at radius 1 is 1.05 bits per heavy atom. The van der Waals surface area contributed by atoms with Gasteiger partial charge in [0.2, 0.25) is 0 Å². The van der Waals surface area contributed by atoms with Crippen LogP contribution >= 0.6 is 0 Å². The summed E-state index contributed by atoms with van der Waals surface area (Å²) in [5.74, 6) is -0.164. The van der Waals surface area contributed by atoms with Crippen LogP contribution in [0.2, 0.25) is 0 Å². The number of ether oxygens (including phenoxy) is 1. The zero-order valence-corrected chi connectivity index (χ0v) is 11.2. The lowest BCUT2D eigenvalue weighted by Gasteiger charge is -2.24. The van der Waals surface area contributed by atoms with Crippen molar-refractivity contribution in [3.05, 3.63) is 65.7 Å². The van der Waals surface area contributed by atoms with Crippen LogP contribution in [0.25, 0.3) is 0 Å². The molecule has 0 spiro atoms. The maximum atomic E-state index is 13.3. The minimum Gasteiger partial charge on any atom is -0.484 e. The molecule has 0 bridgehead atoms. The Morgan fingerprint density at radius 3 is 2.35 bits per heavy atom. The van der Waals surface area contributed by atoms with Crippen molar-refractivity contribution in [3.8, 4) is 5.75 Å². The summed E-state index contributed by atoms with van der Waals surface area (Å²) in [5.41, 5.74) is 6.73. The van der Waals surface area contributed by atoms with Gasteiger partial charge in [-0.1, -0.05) is 19.1 Å². The van der Waals surface area contributed by atoms with E-state index in [1.54, 1.807) is 12.1 Å². The summed E-state index contributed by atoms with van der Waals surface area (Å²) in [6.07, 6.45) is 0.212.